The molecular formula is C33H38ClF3N2O9S. The van der Waals surface area contributed by atoms with E-state index < -0.39 is 109 Å². The van der Waals surface area contributed by atoms with Crippen LogP contribution in [-0.4, -0.2) is 81.2 Å². The Kier molecular flexibility index (Phi) is 9.93. The molecule has 3 fully saturated rings. The van der Waals surface area contributed by atoms with Gasteiger partial charge in [-0.25, -0.2) is 26.4 Å². The van der Waals surface area contributed by atoms with Crippen molar-refractivity contribution in [2.24, 2.45) is 11.8 Å². The van der Waals surface area contributed by atoms with Crippen LogP contribution in [-0.2, 0) is 19.4 Å². The van der Waals surface area contributed by atoms with Crippen molar-refractivity contribution in [3.63, 3.8) is 0 Å². The monoisotopic (exact) mass is 730 g/mol. The fraction of sp³-hybridized carbons (Fsp3) is 0.545. The molecule has 3 unspecified atom stereocenters. The summed E-state index contributed by atoms with van der Waals surface area (Å²) in [6.07, 6.45) is -1.97. The van der Waals surface area contributed by atoms with Gasteiger partial charge in [-0.05, 0) is 82.9 Å². The van der Waals surface area contributed by atoms with Gasteiger partial charge >= 0.3 is 6.09 Å². The van der Waals surface area contributed by atoms with Crippen LogP contribution in [0.1, 0.15) is 76.1 Å². The maximum Gasteiger partial charge on any atom is 0.410 e. The number of halogens is 4. The van der Waals surface area contributed by atoms with E-state index in [0.717, 1.165) is 18.2 Å². The first-order chi connectivity index (χ1) is 22.6. The second-order valence-electron chi connectivity index (χ2n) is 14.2. The molecule has 2 bridgehead atoms. The lowest BCUT2D eigenvalue weighted by molar-refractivity contribution is -0.130. The number of sulfone groups is 1. The third-order valence-corrected chi connectivity index (χ3v) is 12.4. The van der Waals surface area contributed by atoms with Crippen LogP contribution in [0.4, 0.5) is 23.7 Å². The Balaban J connectivity index is 1.30. The van der Waals surface area contributed by atoms with Crippen LogP contribution >= 0.6 is 11.6 Å². The number of likely N-dealkylation sites (tertiary alicyclic amines) is 1. The number of amides is 2. The summed E-state index contributed by atoms with van der Waals surface area (Å²) < 4.78 is 74.0. The Labute approximate surface area is 286 Å². The predicted molar refractivity (Wildman–Crippen MR) is 170 cm³/mol. The highest BCUT2D eigenvalue weighted by molar-refractivity contribution is 7.92. The number of aliphatic hydroxyl groups is 3. The number of carbonyl (C=O) groups is 3. The quantitative estimate of drug-likeness (QED) is 0.280. The molecule has 268 valence electrons. The summed E-state index contributed by atoms with van der Waals surface area (Å²) in [6, 6.07) is 3.32. The van der Waals surface area contributed by atoms with Crippen molar-refractivity contribution in [2.45, 2.75) is 98.9 Å². The van der Waals surface area contributed by atoms with Crippen LogP contribution in [0.25, 0.3) is 0 Å². The van der Waals surface area contributed by atoms with Crippen LogP contribution < -0.4 is 5.32 Å². The zero-order valence-corrected chi connectivity index (χ0v) is 28.6. The van der Waals surface area contributed by atoms with Crippen LogP contribution in [0.2, 0.25) is 5.02 Å². The molecule has 1 heterocycles. The Hall–Kier alpha value is -3.24. The Bertz CT molecular complexity index is 1750. The summed E-state index contributed by atoms with van der Waals surface area (Å²) >= 11 is 6.25. The van der Waals surface area contributed by atoms with Crippen LogP contribution in [0, 0.1) is 29.3 Å². The number of fused-ring (bicyclic) bond motifs is 2. The minimum Gasteiger partial charge on any atom is -0.444 e. The first-order valence-corrected chi connectivity index (χ1v) is 17.7. The number of rotatable bonds is 8. The number of ketones is 1. The van der Waals surface area contributed by atoms with Gasteiger partial charge in [0.1, 0.15) is 5.60 Å². The normalized spacial score (nSPS) is 28.4. The van der Waals surface area contributed by atoms with Crippen molar-refractivity contribution < 1.29 is 56.0 Å². The smallest absolute Gasteiger partial charge is 0.410 e. The van der Waals surface area contributed by atoms with Crippen molar-refractivity contribution in [2.75, 3.05) is 11.9 Å². The molecule has 2 saturated carbocycles. The van der Waals surface area contributed by atoms with Crippen molar-refractivity contribution in [1.82, 2.24) is 4.90 Å². The first-order valence-electron chi connectivity index (χ1n) is 15.8. The van der Waals surface area contributed by atoms with Gasteiger partial charge in [-0.15, -0.1) is 0 Å². The van der Waals surface area contributed by atoms with Gasteiger partial charge in [0.05, 0.1) is 34.2 Å². The van der Waals surface area contributed by atoms with E-state index in [-0.39, 0.29) is 36.4 Å². The van der Waals surface area contributed by atoms with Gasteiger partial charge in [0.25, 0.3) is 5.91 Å². The molecule has 2 amide bonds. The molecule has 49 heavy (non-hydrogen) atoms. The number of anilines is 1. The van der Waals surface area contributed by atoms with E-state index in [1.165, 1.54) is 4.90 Å². The van der Waals surface area contributed by atoms with Gasteiger partial charge in [-0.1, -0.05) is 11.6 Å². The average Bonchev–Trinajstić information content (AvgIpc) is 3.45. The number of hydrogen-bond acceptors (Lipinski definition) is 9. The predicted octanol–water partition coefficient (Wildman–Crippen LogP) is 4.74. The number of Topliss-reactive ketones (excluding diaryl/α,β-unsaturated/α-hetero) is 1. The number of ether oxygens (including phenoxy) is 1. The molecule has 2 aromatic carbocycles. The third kappa shape index (κ3) is 7.18. The van der Waals surface area contributed by atoms with E-state index in [1.807, 2.05) is 0 Å². The van der Waals surface area contributed by atoms with E-state index in [4.69, 9.17) is 16.3 Å². The number of hydrogen-bond donors (Lipinski definition) is 4. The molecule has 5 rings (SSSR count). The van der Waals surface area contributed by atoms with E-state index in [2.05, 4.69) is 5.32 Å². The van der Waals surface area contributed by atoms with E-state index in [1.54, 1.807) is 20.8 Å². The molecule has 4 N–H and O–H groups in total. The zero-order chi connectivity index (χ0) is 36.3. The molecule has 6 atom stereocenters. The summed E-state index contributed by atoms with van der Waals surface area (Å²) in [7, 11) is -4.69. The van der Waals surface area contributed by atoms with E-state index in [0.29, 0.717) is 25.0 Å². The fourth-order valence-corrected chi connectivity index (χ4v) is 9.57. The van der Waals surface area contributed by atoms with E-state index >= 15 is 0 Å². The van der Waals surface area contributed by atoms with Gasteiger partial charge in [0, 0.05) is 36.2 Å². The molecule has 2 aliphatic carbocycles. The number of aliphatic hydroxyl groups excluding tert-OH is 1. The van der Waals surface area contributed by atoms with Gasteiger partial charge in [-0.2, -0.15) is 0 Å². The number of benzene rings is 2. The summed E-state index contributed by atoms with van der Waals surface area (Å²) in [5.74, 6) is -7.68. The molecule has 1 aliphatic heterocycles. The standard InChI is InChI=1S/C33H38ClF3N2O9S/c1-31(2,3)48-30(43)39-16-21(40)13-25(39)26(41)8-9-33(45)18-5-6-19(33)15-32(44,14-18)49(46,47)27-10-17(4-7-22(27)34)29(42)38-20-11-23(35)28(37)24(36)12-20/h4,7,10-12,18-19,21,25,40,44-45H,5-6,8-9,13-16H2,1-3H3,(H,38,42)/t18-,19?,21+,25-,32?,33?/m0/s1. The summed E-state index contributed by atoms with van der Waals surface area (Å²) in [5.41, 5.74) is -3.04. The number of carbonyl (C=O) groups excluding carboxylic acids is 3. The minimum atomic E-state index is -4.69. The van der Waals surface area contributed by atoms with Crippen molar-refractivity contribution >= 4 is 44.9 Å². The number of β-amino-alcohol motifs (C(OH)–C–C–N with tert-alkyl or cyclic N) is 1. The van der Waals surface area contributed by atoms with Crippen molar-refractivity contribution in [1.29, 1.82) is 0 Å². The van der Waals surface area contributed by atoms with Gasteiger partial charge in [-0.3, -0.25) is 14.5 Å². The van der Waals surface area contributed by atoms with Gasteiger partial charge in [0.15, 0.2) is 28.2 Å². The average molecular weight is 731 g/mol. The lowest BCUT2D eigenvalue weighted by atomic mass is 9.70. The van der Waals surface area contributed by atoms with Crippen molar-refractivity contribution in [3.8, 4) is 0 Å². The van der Waals surface area contributed by atoms with Crippen LogP contribution in [0.15, 0.2) is 35.2 Å². The Morgan fingerprint density at radius 2 is 1.63 bits per heavy atom. The molecule has 3 aliphatic rings. The highest BCUT2D eigenvalue weighted by Crippen LogP contribution is 2.57. The maximum absolute atomic E-state index is 14.0. The van der Waals surface area contributed by atoms with E-state index in [9.17, 15) is 51.3 Å². The first kappa shape index (κ1) is 37.0. The topological polar surface area (TPSA) is 171 Å². The number of nitrogens with one attached hydrogen (secondary N) is 1. The largest absolute Gasteiger partial charge is 0.444 e. The molecule has 1 saturated heterocycles. The summed E-state index contributed by atoms with van der Waals surface area (Å²) in [6.45, 7) is 4.94. The molecule has 2 aromatic rings. The van der Waals surface area contributed by atoms with Gasteiger partial charge in [0.2, 0.25) is 9.84 Å². The second-order valence-corrected chi connectivity index (χ2v) is 16.8. The summed E-state index contributed by atoms with van der Waals surface area (Å²) in [5, 5.41) is 35.6. The lowest BCUT2D eigenvalue weighted by Gasteiger charge is -2.46. The SMILES string of the molecule is CC(C)(C)OC(=O)N1C[C@H](O)C[C@H]1C(=O)CCC1(O)C2CC[C@H]1CC(O)(S(=O)(=O)c1cc(C(=O)Nc3cc(F)c(F)c(F)c3)ccc1Cl)C2. The van der Waals surface area contributed by atoms with Gasteiger partial charge < -0.3 is 25.4 Å². The molecular weight excluding hydrogens is 693 g/mol. The minimum absolute atomic E-state index is 0.0108. The molecule has 0 spiro atoms. The fourth-order valence-electron chi connectivity index (χ4n) is 7.29. The maximum atomic E-state index is 14.0. The lowest BCUT2D eigenvalue weighted by Crippen LogP contribution is -2.55. The Morgan fingerprint density at radius 1 is 1.04 bits per heavy atom. The molecule has 16 heteroatoms. The highest BCUT2D eigenvalue weighted by Gasteiger charge is 2.61. The summed E-state index contributed by atoms with van der Waals surface area (Å²) in [4.78, 5) is 37.1. The van der Waals surface area contributed by atoms with Crippen molar-refractivity contribution in [3.05, 3.63) is 58.4 Å². The highest BCUT2D eigenvalue weighted by atomic mass is 35.5. The molecule has 11 nitrogen and oxygen atoms in total. The van der Waals surface area contributed by atoms with Crippen LogP contribution in [0.3, 0.4) is 0 Å². The number of nitrogens with zero attached hydrogens (tertiary/aromatic N) is 1. The second kappa shape index (κ2) is 13.1. The van der Waals surface area contributed by atoms with Crippen LogP contribution in [0.5, 0.6) is 0 Å². The third-order valence-electron chi connectivity index (χ3n) is 9.68. The molecule has 0 radical (unpaired) electrons. The molecule has 0 aromatic heterocycles. The Morgan fingerprint density at radius 3 is 2.20 bits per heavy atom. The zero-order valence-electron chi connectivity index (χ0n) is 27.0.